The molecule has 2 aliphatic heterocycles. The van der Waals surface area contributed by atoms with Crippen LogP contribution in [0, 0.1) is 11.8 Å². The lowest BCUT2D eigenvalue weighted by molar-refractivity contribution is -0.180. The minimum atomic E-state index is -0.445. The highest BCUT2D eigenvalue weighted by Gasteiger charge is 2.40. The number of hydrogen-bond acceptors (Lipinski definition) is 8. The van der Waals surface area contributed by atoms with Crippen molar-refractivity contribution in [2.75, 3.05) is 52.7 Å². The molecule has 61 heavy (non-hydrogen) atoms. The molecule has 0 amide bonds. The molecule has 0 saturated carbocycles. The summed E-state index contributed by atoms with van der Waals surface area (Å²) in [5, 5.41) is 0. The number of carbonyl (C=O) groups is 2. The fourth-order valence-corrected chi connectivity index (χ4v) is 9.46. The molecule has 0 aromatic heterocycles. The van der Waals surface area contributed by atoms with E-state index >= 15 is 0 Å². The number of ether oxygens (including phenoxy) is 5. The lowest BCUT2D eigenvalue weighted by atomic mass is 9.92. The van der Waals surface area contributed by atoms with Gasteiger partial charge in [-0.2, -0.15) is 0 Å². The lowest BCUT2D eigenvalue weighted by Gasteiger charge is -2.30. The molecule has 0 aliphatic carbocycles. The molecule has 0 radical (unpaired) electrons. The van der Waals surface area contributed by atoms with E-state index in [1.54, 1.807) is 0 Å². The van der Waals surface area contributed by atoms with Crippen LogP contribution >= 0.6 is 0 Å². The maximum Gasteiger partial charge on any atom is 0.305 e. The van der Waals surface area contributed by atoms with E-state index in [9.17, 15) is 9.59 Å². The molecule has 2 fully saturated rings. The van der Waals surface area contributed by atoms with E-state index in [0.717, 1.165) is 116 Å². The number of morpholine rings is 1. The van der Waals surface area contributed by atoms with Crippen LogP contribution in [0.2, 0.25) is 0 Å². The zero-order valence-electron chi connectivity index (χ0n) is 40.9. The summed E-state index contributed by atoms with van der Waals surface area (Å²) in [6.07, 6.45) is 40.3. The molecule has 0 aromatic carbocycles. The van der Waals surface area contributed by atoms with Crippen LogP contribution in [0.3, 0.4) is 0 Å². The molecule has 0 N–H and O–H groups in total. The highest BCUT2D eigenvalue weighted by molar-refractivity contribution is 5.69. The van der Waals surface area contributed by atoms with Crippen LogP contribution in [0.15, 0.2) is 0 Å². The summed E-state index contributed by atoms with van der Waals surface area (Å²) >= 11 is 0. The third-order valence-corrected chi connectivity index (χ3v) is 13.6. The Kier molecular flexibility index (Phi) is 35.9. The Labute approximate surface area is 377 Å². The molecule has 2 aliphatic rings. The second-order valence-electron chi connectivity index (χ2n) is 19.2. The maximum atomic E-state index is 12.5. The molecule has 1 atom stereocenters. The van der Waals surface area contributed by atoms with Gasteiger partial charge in [0.2, 0.25) is 0 Å². The first-order valence-electron chi connectivity index (χ1n) is 26.9. The van der Waals surface area contributed by atoms with E-state index in [0.29, 0.717) is 44.5 Å². The molecule has 0 bridgehead atoms. The Bertz CT molecular complexity index is 925. The van der Waals surface area contributed by atoms with Gasteiger partial charge in [-0.3, -0.25) is 14.5 Å². The van der Waals surface area contributed by atoms with Crippen molar-refractivity contribution in [1.82, 2.24) is 4.90 Å². The SMILES string of the molecule is CCCCCC(CCCCC)CCOC(=O)CCCCCCCCC1(CCCCCCCCC(=O)OCCC(CCCCC)CCCCC)OCC(CCN2CCOCC2)O1. The van der Waals surface area contributed by atoms with Crippen molar-refractivity contribution in [3.63, 3.8) is 0 Å². The second kappa shape index (κ2) is 39.2. The van der Waals surface area contributed by atoms with Gasteiger partial charge in [-0.1, -0.05) is 182 Å². The van der Waals surface area contributed by atoms with E-state index < -0.39 is 5.79 Å². The standard InChI is InChI=1S/C53H101NO7/c1-5-9-21-29-48(30-22-10-6-2)36-43-58-51(55)33-25-17-13-15-19-27-38-53(60-47-50(61-53)35-40-54-41-45-57-46-42-54)39-28-20-16-14-18-26-34-52(56)59-44-37-49(31-23-11-7-3)32-24-12-8-4/h48-50H,5-47H2,1-4H3. The van der Waals surface area contributed by atoms with Crippen molar-refractivity contribution >= 4 is 11.9 Å². The van der Waals surface area contributed by atoms with E-state index in [2.05, 4.69) is 32.6 Å². The molecule has 2 rings (SSSR count). The Morgan fingerprint density at radius 1 is 0.541 bits per heavy atom. The van der Waals surface area contributed by atoms with Crippen LogP contribution in [0.25, 0.3) is 0 Å². The molecule has 8 nitrogen and oxygen atoms in total. The largest absolute Gasteiger partial charge is 0.466 e. The number of carbonyl (C=O) groups excluding carboxylic acids is 2. The van der Waals surface area contributed by atoms with Crippen LogP contribution in [-0.2, 0) is 33.3 Å². The van der Waals surface area contributed by atoms with Gasteiger partial charge < -0.3 is 23.7 Å². The number of unbranched alkanes of at least 4 members (excludes halogenated alkanes) is 18. The first-order chi connectivity index (χ1) is 29.9. The summed E-state index contributed by atoms with van der Waals surface area (Å²) in [7, 11) is 0. The van der Waals surface area contributed by atoms with Gasteiger partial charge >= 0.3 is 11.9 Å². The number of nitrogens with zero attached hydrogens (tertiary/aromatic N) is 1. The molecule has 2 heterocycles. The smallest absolute Gasteiger partial charge is 0.305 e. The summed E-state index contributed by atoms with van der Waals surface area (Å²) < 4.78 is 30.3. The Balaban J connectivity index is 1.62. The van der Waals surface area contributed by atoms with Crippen LogP contribution < -0.4 is 0 Å². The first-order valence-corrected chi connectivity index (χ1v) is 26.9. The average molecular weight is 864 g/mol. The number of rotatable bonds is 43. The van der Waals surface area contributed by atoms with E-state index in [4.69, 9.17) is 23.7 Å². The summed E-state index contributed by atoms with van der Waals surface area (Å²) in [4.78, 5) is 27.4. The Morgan fingerprint density at radius 2 is 0.951 bits per heavy atom. The monoisotopic (exact) mass is 864 g/mol. The van der Waals surface area contributed by atoms with Crippen molar-refractivity contribution in [1.29, 1.82) is 0 Å². The highest BCUT2D eigenvalue weighted by atomic mass is 16.7. The zero-order chi connectivity index (χ0) is 43.9. The second-order valence-corrected chi connectivity index (χ2v) is 19.2. The highest BCUT2D eigenvalue weighted by Crippen LogP contribution is 2.36. The minimum Gasteiger partial charge on any atom is -0.466 e. The van der Waals surface area contributed by atoms with E-state index in [1.807, 2.05) is 0 Å². The fourth-order valence-electron chi connectivity index (χ4n) is 9.46. The van der Waals surface area contributed by atoms with E-state index in [-0.39, 0.29) is 18.0 Å². The van der Waals surface area contributed by atoms with Crippen molar-refractivity contribution < 1.29 is 33.3 Å². The van der Waals surface area contributed by atoms with Gasteiger partial charge in [-0.25, -0.2) is 0 Å². The Hall–Kier alpha value is -1.22. The third-order valence-electron chi connectivity index (χ3n) is 13.6. The van der Waals surface area contributed by atoms with Gasteiger partial charge in [-0.05, 0) is 56.8 Å². The zero-order valence-corrected chi connectivity index (χ0v) is 40.9. The topological polar surface area (TPSA) is 83.5 Å². The predicted octanol–water partition coefficient (Wildman–Crippen LogP) is 14.5. The van der Waals surface area contributed by atoms with Gasteiger partial charge in [0.05, 0.1) is 39.1 Å². The molecule has 8 heteroatoms. The van der Waals surface area contributed by atoms with Gasteiger partial charge in [-0.15, -0.1) is 0 Å². The van der Waals surface area contributed by atoms with Gasteiger partial charge in [0, 0.05) is 45.3 Å². The molecule has 2 saturated heterocycles. The maximum absolute atomic E-state index is 12.5. The molecule has 0 aromatic rings. The van der Waals surface area contributed by atoms with Crippen LogP contribution in [0.4, 0.5) is 0 Å². The fraction of sp³-hybridized carbons (Fsp3) is 0.962. The lowest BCUT2D eigenvalue weighted by Crippen LogP contribution is -2.38. The van der Waals surface area contributed by atoms with Crippen molar-refractivity contribution in [2.24, 2.45) is 11.8 Å². The van der Waals surface area contributed by atoms with E-state index in [1.165, 1.54) is 128 Å². The van der Waals surface area contributed by atoms with Crippen molar-refractivity contribution in [2.45, 2.75) is 264 Å². The minimum absolute atomic E-state index is 0.00806. The average Bonchev–Trinajstić information content (AvgIpc) is 3.67. The third kappa shape index (κ3) is 30.5. The van der Waals surface area contributed by atoms with Gasteiger partial charge in [0.15, 0.2) is 5.79 Å². The normalized spacial score (nSPS) is 16.9. The summed E-state index contributed by atoms with van der Waals surface area (Å²) in [5.41, 5.74) is 0. The van der Waals surface area contributed by atoms with Gasteiger partial charge in [0.1, 0.15) is 0 Å². The van der Waals surface area contributed by atoms with Gasteiger partial charge in [0.25, 0.3) is 0 Å². The number of esters is 2. The predicted molar refractivity (Wildman–Crippen MR) is 254 cm³/mol. The van der Waals surface area contributed by atoms with Crippen LogP contribution in [-0.4, -0.2) is 81.4 Å². The molecule has 0 spiro atoms. The van der Waals surface area contributed by atoms with Crippen molar-refractivity contribution in [3.8, 4) is 0 Å². The molecular weight excluding hydrogens is 763 g/mol. The van der Waals surface area contributed by atoms with Crippen LogP contribution in [0.5, 0.6) is 0 Å². The van der Waals surface area contributed by atoms with Crippen LogP contribution in [0.1, 0.15) is 252 Å². The molecule has 360 valence electrons. The summed E-state index contributed by atoms with van der Waals surface area (Å²) in [6, 6.07) is 0. The first kappa shape index (κ1) is 55.9. The molecular formula is C53H101NO7. The Morgan fingerprint density at radius 3 is 1.38 bits per heavy atom. The quantitative estimate of drug-likeness (QED) is 0.0443. The molecule has 1 unspecified atom stereocenters. The summed E-state index contributed by atoms with van der Waals surface area (Å²) in [6.45, 7) is 15.7. The van der Waals surface area contributed by atoms with Crippen molar-refractivity contribution in [3.05, 3.63) is 0 Å². The number of hydrogen-bond donors (Lipinski definition) is 0. The summed E-state index contributed by atoms with van der Waals surface area (Å²) in [5.74, 6) is 0.953.